The van der Waals surface area contributed by atoms with Gasteiger partial charge in [0.05, 0.1) is 11.9 Å². The maximum absolute atomic E-state index is 12.2. The van der Waals surface area contributed by atoms with Crippen molar-refractivity contribution in [3.8, 4) is 0 Å². The number of fused-ring (bicyclic) bond motifs is 1. The van der Waals surface area contributed by atoms with Gasteiger partial charge in [-0.15, -0.1) is 11.3 Å². The Morgan fingerprint density at radius 2 is 2.24 bits per heavy atom. The Hall–Kier alpha value is -2.22. The molecule has 3 amide bonds. The summed E-state index contributed by atoms with van der Waals surface area (Å²) in [7, 11) is 0. The van der Waals surface area contributed by atoms with Gasteiger partial charge in [-0.05, 0) is 17.9 Å². The van der Waals surface area contributed by atoms with Gasteiger partial charge in [0.2, 0.25) is 0 Å². The highest BCUT2D eigenvalue weighted by Gasteiger charge is 2.37. The highest BCUT2D eigenvalue weighted by atomic mass is 32.1. The van der Waals surface area contributed by atoms with Gasteiger partial charge in [0.1, 0.15) is 16.7 Å². The van der Waals surface area contributed by atoms with Crippen molar-refractivity contribution < 1.29 is 9.59 Å². The molecule has 0 spiro atoms. The molecule has 2 aromatic rings. The Bertz CT molecular complexity index is 714. The molecule has 0 aromatic carbocycles. The number of nitrogens with two attached hydrogens (primary N) is 1. The summed E-state index contributed by atoms with van der Waals surface area (Å²) < 4.78 is 0. The first kappa shape index (κ1) is 13.7. The minimum absolute atomic E-state index is 0.0446. The zero-order chi connectivity index (χ0) is 15.0. The lowest BCUT2D eigenvalue weighted by atomic mass is 10.2. The molecule has 1 fully saturated rings. The lowest BCUT2D eigenvalue weighted by Crippen LogP contribution is -2.31. The van der Waals surface area contributed by atoms with E-state index in [0.29, 0.717) is 18.1 Å². The minimum atomic E-state index is -0.440. The summed E-state index contributed by atoms with van der Waals surface area (Å²) in [4.78, 5) is 34.5. The summed E-state index contributed by atoms with van der Waals surface area (Å²) >= 11 is 1.45. The first-order valence-electron chi connectivity index (χ1n) is 6.71. The number of aromatic nitrogens is 2. The molecular weight excluding hydrogens is 290 g/mol. The SMILES string of the molecule is CCCC1NC(=O)N(Cc2nc(N)c3ccsc3n2)C1=O. The highest BCUT2D eigenvalue weighted by molar-refractivity contribution is 7.16. The second-order valence-corrected chi connectivity index (χ2v) is 5.77. The van der Waals surface area contributed by atoms with Crippen molar-refractivity contribution in [3.63, 3.8) is 0 Å². The standard InChI is InChI=1S/C13H15N5O2S/c1-2-3-8-12(19)18(13(20)15-8)6-9-16-10(14)7-4-5-21-11(7)17-9/h4-5,8H,2-3,6H2,1H3,(H,15,20)(H2,14,16,17). The van der Waals surface area contributed by atoms with Crippen LogP contribution in [0.4, 0.5) is 10.6 Å². The summed E-state index contributed by atoms with van der Waals surface area (Å²) in [5.41, 5.74) is 5.87. The van der Waals surface area contributed by atoms with Crippen LogP contribution in [0.5, 0.6) is 0 Å². The molecule has 1 atom stereocenters. The third-order valence-electron chi connectivity index (χ3n) is 3.38. The Morgan fingerprint density at radius 3 is 3.00 bits per heavy atom. The van der Waals surface area contributed by atoms with Crippen molar-refractivity contribution >= 4 is 39.3 Å². The van der Waals surface area contributed by atoms with Gasteiger partial charge < -0.3 is 11.1 Å². The van der Waals surface area contributed by atoms with Crippen molar-refractivity contribution in [2.45, 2.75) is 32.4 Å². The van der Waals surface area contributed by atoms with E-state index in [9.17, 15) is 9.59 Å². The lowest BCUT2D eigenvalue weighted by molar-refractivity contribution is -0.128. The molecule has 0 saturated carbocycles. The summed E-state index contributed by atoms with van der Waals surface area (Å²) in [5.74, 6) is 0.520. The average molecular weight is 305 g/mol. The van der Waals surface area contributed by atoms with Crippen LogP contribution >= 0.6 is 11.3 Å². The molecule has 1 saturated heterocycles. The topological polar surface area (TPSA) is 101 Å². The Kier molecular flexibility index (Phi) is 3.46. The predicted octanol–water partition coefficient (Wildman–Crippen LogP) is 1.49. The van der Waals surface area contributed by atoms with Crippen LogP contribution in [0.3, 0.4) is 0 Å². The van der Waals surface area contributed by atoms with E-state index < -0.39 is 12.1 Å². The quantitative estimate of drug-likeness (QED) is 0.833. The second-order valence-electron chi connectivity index (χ2n) is 4.88. The molecule has 3 N–H and O–H groups in total. The van der Waals surface area contributed by atoms with E-state index in [2.05, 4.69) is 15.3 Å². The fourth-order valence-corrected chi connectivity index (χ4v) is 3.14. The molecule has 8 heteroatoms. The number of carbonyl (C=O) groups is 2. The van der Waals surface area contributed by atoms with Gasteiger partial charge in [0.25, 0.3) is 5.91 Å². The largest absolute Gasteiger partial charge is 0.383 e. The number of nitrogens with one attached hydrogen (secondary N) is 1. The number of hydrogen-bond donors (Lipinski definition) is 2. The van der Waals surface area contributed by atoms with Crippen LogP contribution in [0.2, 0.25) is 0 Å². The van der Waals surface area contributed by atoms with Crippen molar-refractivity contribution in [2.75, 3.05) is 5.73 Å². The minimum Gasteiger partial charge on any atom is -0.383 e. The molecule has 1 aliphatic heterocycles. The van der Waals surface area contributed by atoms with Gasteiger partial charge in [-0.2, -0.15) is 0 Å². The van der Waals surface area contributed by atoms with Crippen LogP contribution in [-0.4, -0.2) is 32.8 Å². The van der Waals surface area contributed by atoms with Crippen LogP contribution in [0.15, 0.2) is 11.4 Å². The number of carbonyl (C=O) groups excluding carboxylic acids is 2. The number of hydrogen-bond acceptors (Lipinski definition) is 6. The Labute approximate surface area is 125 Å². The van der Waals surface area contributed by atoms with E-state index in [0.717, 1.165) is 21.5 Å². The van der Waals surface area contributed by atoms with Crippen LogP contribution in [0.25, 0.3) is 10.2 Å². The van der Waals surface area contributed by atoms with Crippen LogP contribution < -0.4 is 11.1 Å². The number of imide groups is 1. The second kappa shape index (κ2) is 5.28. The molecule has 21 heavy (non-hydrogen) atoms. The first-order valence-corrected chi connectivity index (χ1v) is 7.59. The van der Waals surface area contributed by atoms with E-state index in [-0.39, 0.29) is 12.5 Å². The maximum atomic E-state index is 12.2. The van der Waals surface area contributed by atoms with E-state index >= 15 is 0 Å². The maximum Gasteiger partial charge on any atom is 0.325 e. The van der Waals surface area contributed by atoms with Crippen molar-refractivity contribution in [3.05, 3.63) is 17.3 Å². The molecule has 7 nitrogen and oxygen atoms in total. The van der Waals surface area contributed by atoms with Gasteiger partial charge in [0, 0.05) is 0 Å². The van der Waals surface area contributed by atoms with Gasteiger partial charge in [-0.1, -0.05) is 13.3 Å². The number of nitrogens with zero attached hydrogens (tertiary/aromatic N) is 3. The molecule has 3 rings (SSSR count). The number of thiophene rings is 1. The molecule has 0 aliphatic carbocycles. The zero-order valence-electron chi connectivity index (χ0n) is 11.5. The van der Waals surface area contributed by atoms with Crippen molar-refractivity contribution in [1.29, 1.82) is 0 Å². The van der Waals surface area contributed by atoms with E-state index in [1.165, 1.54) is 11.3 Å². The normalized spacial score (nSPS) is 18.5. The summed E-state index contributed by atoms with van der Waals surface area (Å²) in [6, 6.07) is 1.02. The summed E-state index contributed by atoms with van der Waals surface area (Å²) in [6.45, 7) is 2.01. The molecular formula is C13H15N5O2S. The van der Waals surface area contributed by atoms with E-state index in [4.69, 9.17) is 5.73 Å². The number of urea groups is 1. The fourth-order valence-electron chi connectivity index (χ4n) is 2.35. The molecule has 2 aromatic heterocycles. The van der Waals surface area contributed by atoms with Crippen LogP contribution in [-0.2, 0) is 11.3 Å². The molecule has 0 radical (unpaired) electrons. The molecule has 1 unspecified atom stereocenters. The van der Waals surface area contributed by atoms with Gasteiger partial charge >= 0.3 is 6.03 Å². The van der Waals surface area contributed by atoms with Gasteiger partial charge in [-0.25, -0.2) is 14.8 Å². The van der Waals surface area contributed by atoms with Gasteiger partial charge in [0.15, 0.2) is 5.82 Å². The number of rotatable bonds is 4. The summed E-state index contributed by atoms with van der Waals surface area (Å²) in [5, 5.41) is 5.35. The highest BCUT2D eigenvalue weighted by Crippen LogP contribution is 2.23. The smallest absolute Gasteiger partial charge is 0.325 e. The van der Waals surface area contributed by atoms with Crippen molar-refractivity contribution in [1.82, 2.24) is 20.2 Å². The number of nitrogen functional groups attached to an aromatic ring is 1. The van der Waals surface area contributed by atoms with E-state index in [1.54, 1.807) is 0 Å². The monoisotopic (exact) mass is 305 g/mol. The van der Waals surface area contributed by atoms with Crippen LogP contribution in [0, 0.1) is 0 Å². The Morgan fingerprint density at radius 1 is 1.43 bits per heavy atom. The lowest BCUT2D eigenvalue weighted by Gasteiger charge is -2.12. The molecule has 110 valence electrons. The average Bonchev–Trinajstić information content (AvgIpc) is 3.00. The molecule has 0 bridgehead atoms. The Balaban J connectivity index is 1.84. The third kappa shape index (κ3) is 2.42. The first-order chi connectivity index (χ1) is 10.1. The van der Waals surface area contributed by atoms with Gasteiger partial charge in [-0.3, -0.25) is 9.69 Å². The molecule has 3 heterocycles. The number of anilines is 1. The molecule has 1 aliphatic rings. The number of amides is 3. The van der Waals surface area contributed by atoms with Crippen LogP contribution in [0.1, 0.15) is 25.6 Å². The fraction of sp³-hybridized carbons (Fsp3) is 0.385. The van der Waals surface area contributed by atoms with Crippen molar-refractivity contribution in [2.24, 2.45) is 0 Å². The third-order valence-corrected chi connectivity index (χ3v) is 4.19. The predicted molar refractivity (Wildman–Crippen MR) is 79.6 cm³/mol. The summed E-state index contributed by atoms with van der Waals surface area (Å²) in [6.07, 6.45) is 1.46. The zero-order valence-corrected chi connectivity index (χ0v) is 12.3. The van der Waals surface area contributed by atoms with E-state index in [1.807, 2.05) is 18.4 Å².